The van der Waals surface area contributed by atoms with Crippen molar-refractivity contribution in [1.82, 2.24) is 4.90 Å². The molecule has 1 atom stereocenters. The molecule has 204 valence electrons. The van der Waals surface area contributed by atoms with E-state index in [9.17, 15) is 19.5 Å². The molecule has 0 radical (unpaired) electrons. The van der Waals surface area contributed by atoms with Crippen molar-refractivity contribution in [2.45, 2.75) is 51.2 Å². The molecule has 0 saturated heterocycles. The number of likely N-dealkylation sites (N-methyl/N-ethyl adjacent to an activating group) is 1. The number of ether oxygens (including phenoxy) is 2. The summed E-state index contributed by atoms with van der Waals surface area (Å²) in [6.45, 7) is 5.45. The molecule has 0 saturated carbocycles. The van der Waals surface area contributed by atoms with Crippen molar-refractivity contribution in [2.75, 3.05) is 19.0 Å². The summed E-state index contributed by atoms with van der Waals surface area (Å²) in [6.07, 6.45) is -0.712. The number of aliphatic carboxylic acids is 1. The minimum atomic E-state index is -1.12. The van der Waals surface area contributed by atoms with Crippen LogP contribution in [0.15, 0.2) is 72.8 Å². The first-order valence-corrected chi connectivity index (χ1v) is 12.9. The number of fused-ring (bicyclic) bond motifs is 3. The summed E-state index contributed by atoms with van der Waals surface area (Å²) in [5.74, 6) is -1.23. The van der Waals surface area contributed by atoms with Crippen molar-refractivity contribution < 1.29 is 29.0 Å². The summed E-state index contributed by atoms with van der Waals surface area (Å²) in [4.78, 5) is 38.2. The second kappa shape index (κ2) is 11.6. The van der Waals surface area contributed by atoms with Gasteiger partial charge >= 0.3 is 18.2 Å². The van der Waals surface area contributed by atoms with Crippen molar-refractivity contribution in [1.29, 1.82) is 0 Å². The van der Waals surface area contributed by atoms with Gasteiger partial charge in [-0.15, -0.1) is 0 Å². The van der Waals surface area contributed by atoms with Crippen LogP contribution < -0.4 is 5.32 Å². The summed E-state index contributed by atoms with van der Waals surface area (Å²) in [5, 5.41) is 12.6. The van der Waals surface area contributed by atoms with Crippen LogP contribution in [0.25, 0.3) is 11.1 Å². The predicted octanol–water partition coefficient (Wildman–Crippen LogP) is 6.30. The SMILES string of the molecule is CN(C(=O)OCC1c2ccccc2-c2ccccc21)[C@@H](CCc1cccc(NC(=O)OC(C)(C)C)c1)C(=O)O. The van der Waals surface area contributed by atoms with E-state index in [1.165, 1.54) is 7.05 Å². The Balaban J connectivity index is 1.37. The van der Waals surface area contributed by atoms with Crippen LogP contribution in [0.3, 0.4) is 0 Å². The molecule has 4 rings (SSSR count). The Hall–Kier alpha value is -4.33. The van der Waals surface area contributed by atoms with Gasteiger partial charge in [0.05, 0.1) is 0 Å². The average molecular weight is 531 g/mol. The molecular weight excluding hydrogens is 496 g/mol. The number of carboxylic acids is 1. The Morgan fingerprint density at radius 2 is 1.56 bits per heavy atom. The van der Waals surface area contributed by atoms with E-state index in [0.29, 0.717) is 12.1 Å². The van der Waals surface area contributed by atoms with Gasteiger partial charge in [-0.3, -0.25) is 10.2 Å². The highest BCUT2D eigenvalue weighted by atomic mass is 16.6. The van der Waals surface area contributed by atoms with Gasteiger partial charge in [0.2, 0.25) is 0 Å². The van der Waals surface area contributed by atoms with Crippen LogP contribution >= 0.6 is 0 Å². The van der Waals surface area contributed by atoms with Gasteiger partial charge in [-0.1, -0.05) is 60.7 Å². The number of amides is 2. The molecule has 0 unspecified atom stereocenters. The zero-order valence-electron chi connectivity index (χ0n) is 22.6. The number of hydrogen-bond acceptors (Lipinski definition) is 5. The first-order valence-electron chi connectivity index (χ1n) is 12.9. The standard InChI is InChI=1S/C31H34N2O6/c1-31(2,3)39-29(36)32-21-11-9-10-20(18-21)16-17-27(28(34)35)33(4)30(37)38-19-26-24-14-7-5-12-22(24)23-13-6-8-15-25(23)26/h5-15,18,26-27H,16-17,19H2,1-4H3,(H,32,36)(H,34,35)/t27-/m0/s1. The lowest BCUT2D eigenvalue weighted by molar-refractivity contribution is -0.142. The highest BCUT2D eigenvalue weighted by Crippen LogP contribution is 2.44. The normalized spacial score (nSPS) is 13.1. The van der Waals surface area contributed by atoms with E-state index < -0.39 is 29.8 Å². The maximum absolute atomic E-state index is 12.9. The lowest BCUT2D eigenvalue weighted by atomic mass is 9.98. The van der Waals surface area contributed by atoms with Crippen LogP contribution in [0, 0.1) is 0 Å². The van der Waals surface area contributed by atoms with Gasteiger partial charge < -0.3 is 14.6 Å². The highest BCUT2D eigenvalue weighted by molar-refractivity contribution is 5.85. The summed E-state index contributed by atoms with van der Waals surface area (Å²) < 4.78 is 10.9. The molecule has 1 aliphatic carbocycles. The number of nitrogens with zero attached hydrogens (tertiary/aromatic N) is 1. The number of aryl methyl sites for hydroxylation is 1. The molecule has 0 aliphatic heterocycles. The van der Waals surface area contributed by atoms with Gasteiger partial charge in [0.15, 0.2) is 0 Å². The Bertz CT molecular complexity index is 1320. The molecule has 0 spiro atoms. The average Bonchev–Trinajstić information content (AvgIpc) is 3.20. The number of rotatable bonds is 8. The van der Waals surface area contributed by atoms with Crippen LogP contribution in [0.5, 0.6) is 0 Å². The van der Waals surface area contributed by atoms with E-state index in [1.54, 1.807) is 39.0 Å². The lowest BCUT2D eigenvalue weighted by Crippen LogP contribution is -2.43. The maximum Gasteiger partial charge on any atom is 0.412 e. The Labute approximate surface area is 228 Å². The molecule has 0 fully saturated rings. The van der Waals surface area contributed by atoms with E-state index >= 15 is 0 Å². The molecule has 1 aliphatic rings. The van der Waals surface area contributed by atoms with Crippen LogP contribution in [0.4, 0.5) is 15.3 Å². The smallest absolute Gasteiger partial charge is 0.412 e. The summed E-state index contributed by atoms with van der Waals surface area (Å²) in [6, 6.07) is 22.1. The van der Waals surface area contributed by atoms with E-state index in [2.05, 4.69) is 17.4 Å². The van der Waals surface area contributed by atoms with Crippen molar-refractivity contribution >= 4 is 23.8 Å². The maximum atomic E-state index is 12.9. The van der Waals surface area contributed by atoms with Gasteiger partial charge in [0.25, 0.3) is 0 Å². The number of carbonyl (C=O) groups excluding carboxylic acids is 2. The molecule has 0 aromatic heterocycles. The Morgan fingerprint density at radius 1 is 0.949 bits per heavy atom. The Kier molecular flexibility index (Phi) is 8.24. The molecule has 2 amide bonds. The zero-order valence-corrected chi connectivity index (χ0v) is 22.6. The van der Waals surface area contributed by atoms with Crippen molar-refractivity contribution in [3.05, 3.63) is 89.5 Å². The number of anilines is 1. The van der Waals surface area contributed by atoms with E-state index in [0.717, 1.165) is 32.7 Å². The minimum Gasteiger partial charge on any atom is -0.480 e. The quantitative estimate of drug-likeness (QED) is 0.354. The van der Waals surface area contributed by atoms with Crippen molar-refractivity contribution in [3.8, 4) is 11.1 Å². The third-order valence-corrected chi connectivity index (χ3v) is 6.66. The molecule has 0 heterocycles. The number of hydrogen-bond donors (Lipinski definition) is 2. The third-order valence-electron chi connectivity index (χ3n) is 6.66. The van der Waals surface area contributed by atoms with Crippen molar-refractivity contribution in [2.24, 2.45) is 0 Å². The van der Waals surface area contributed by atoms with Crippen LogP contribution in [0.2, 0.25) is 0 Å². The largest absolute Gasteiger partial charge is 0.480 e. The summed E-state index contributed by atoms with van der Waals surface area (Å²) in [5.41, 5.74) is 5.14. The fourth-order valence-electron chi connectivity index (χ4n) is 4.84. The number of carbonyl (C=O) groups is 3. The first kappa shape index (κ1) is 27.7. The molecule has 8 nitrogen and oxygen atoms in total. The lowest BCUT2D eigenvalue weighted by Gasteiger charge is -2.25. The summed E-state index contributed by atoms with van der Waals surface area (Å²) >= 11 is 0. The van der Waals surface area contributed by atoms with Gasteiger partial charge in [0, 0.05) is 18.7 Å². The molecule has 0 bridgehead atoms. The first-order chi connectivity index (χ1) is 18.5. The molecule has 39 heavy (non-hydrogen) atoms. The number of benzene rings is 3. The van der Waals surface area contributed by atoms with E-state index in [-0.39, 0.29) is 18.9 Å². The Morgan fingerprint density at radius 3 is 2.15 bits per heavy atom. The van der Waals surface area contributed by atoms with Gasteiger partial charge in [-0.25, -0.2) is 14.4 Å². The minimum absolute atomic E-state index is 0.113. The van der Waals surface area contributed by atoms with Crippen LogP contribution in [-0.4, -0.2) is 53.5 Å². The van der Waals surface area contributed by atoms with Crippen LogP contribution in [0.1, 0.15) is 49.8 Å². The van der Waals surface area contributed by atoms with Crippen molar-refractivity contribution in [3.63, 3.8) is 0 Å². The van der Waals surface area contributed by atoms with Gasteiger partial charge in [0.1, 0.15) is 18.2 Å². The zero-order chi connectivity index (χ0) is 28.2. The topological polar surface area (TPSA) is 105 Å². The molecule has 3 aromatic rings. The molecule has 3 aromatic carbocycles. The second-order valence-electron chi connectivity index (χ2n) is 10.6. The fraction of sp³-hybridized carbons (Fsp3) is 0.323. The number of carboxylic acid groups (broad SMARTS) is 1. The number of nitrogens with one attached hydrogen (secondary N) is 1. The van der Waals surface area contributed by atoms with Gasteiger partial charge in [-0.05, 0) is 73.6 Å². The predicted molar refractivity (Wildman–Crippen MR) is 149 cm³/mol. The van der Waals surface area contributed by atoms with Gasteiger partial charge in [-0.2, -0.15) is 0 Å². The monoisotopic (exact) mass is 530 g/mol. The summed E-state index contributed by atoms with van der Waals surface area (Å²) in [7, 11) is 1.44. The van der Waals surface area contributed by atoms with E-state index in [1.807, 2.05) is 42.5 Å². The fourth-order valence-corrected chi connectivity index (χ4v) is 4.84. The van der Waals surface area contributed by atoms with E-state index in [4.69, 9.17) is 9.47 Å². The molecular formula is C31H34N2O6. The molecule has 2 N–H and O–H groups in total. The van der Waals surface area contributed by atoms with Crippen LogP contribution in [-0.2, 0) is 20.7 Å². The second-order valence-corrected chi connectivity index (χ2v) is 10.6. The molecule has 8 heteroatoms. The highest BCUT2D eigenvalue weighted by Gasteiger charge is 2.32. The third kappa shape index (κ3) is 6.76.